The Hall–Kier alpha value is -0.916. The van der Waals surface area contributed by atoms with Gasteiger partial charge in [-0.15, -0.1) is 8.07 Å². The van der Waals surface area contributed by atoms with E-state index in [1.54, 1.807) is 0 Å². The van der Waals surface area contributed by atoms with Gasteiger partial charge in [0.2, 0.25) is 0 Å². The van der Waals surface area contributed by atoms with Gasteiger partial charge < -0.3 is 16.8 Å². The van der Waals surface area contributed by atoms with Crippen LogP contribution < -0.4 is 0 Å². The second-order valence-corrected chi connectivity index (χ2v) is 30.4. The first-order valence-corrected chi connectivity index (χ1v) is 24.0. The predicted octanol–water partition coefficient (Wildman–Crippen LogP) is 10.9. The number of phenolic OH excluding ortho intramolecular Hbond substituents is 2. The average molecular weight is 767 g/mol. The van der Waals surface area contributed by atoms with Crippen molar-refractivity contribution in [2.24, 2.45) is 0 Å². The molecule has 0 radical (unpaired) electrons. The predicted molar refractivity (Wildman–Crippen MR) is 189 cm³/mol. The zero-order valence-corrected chi connectivity index (χ0v) is 35.3. The Morgan fingerprint density at radius 2 is 0.683 bits per heavy atom. The molecule has 2 aromatic carbocycles. The van der Waals surface area contributed by atoms with Gasteiger partial charge in [-0.25, -0.2) is 0 Å². The minimum atomic E-state index is -0.861. The van der Waals surface area contributed by atoms with Gasteiger partial charge >= 0.3 is 52.2 Å². The van der Waals surface area contributed by atoms with E-state index in [1.165, 1.54) is 20.6 Å². The zero-order chi connectivity index (χ0) is 33.4. The molecule has 41 heavy (non-hydrogen) atoms. The average Bonchev–Trinajstić information content (AvgIpc) is 2.70. The van der Waals surface area contributed by atoms with Crippen LogP contribution in [0.3, 0.4) is 0 Å². The van der Waals surface area contributed by atoms with Crippen LogP contribution in [0, 0.1) is 6.55 Å². The van der Waals surface area contributed by atoms with E-state index in [1.807, 2.05) is 36.4 Å². The molecular weight excluding hydrogens is 702 g/mol. The molecule has 2 nitrogen and oxygen atoms in total. The number of hydrogen-bond donors (Lipinski definition) is 2. The van der Waals surface area contributed by atoms with Crippen LogP contribution in [0.2, 0.25) is 39.3 Å². The summed E-state index contributed by atoms with van der Waals surface area (Å²) in [6, 6.07) is 12.1. The summed E-state index contributed by atoms with van der Waals surface area (Å²) in [7, 11) is -1.57. The van der Waals surface area contributed by atoms with Gasteiger partial charge in [-0.1, -0.05) is 139 Å². The number of phenols is 2. The van der Waals surface area contributed by atoms with E-state index in [0.717, 1.165) is 22.3 Å². The van der Waals surface area contributed by atoms with E-state index in [0.29, 0.717) is 11.5 Å². The Morgan fingerprint density at radius 1 is 0.537 bits per heavy atom. The minimum absolute atomic E-state index is 0.00859. The van der Waals surface area contributed by atoms with E-state index in [-0.39, 0.29) is 21.7 Å². The molecule has 2 rings (SSSR count). The monoisotopic (exact) mass is 766 g/mol. The van der Waals surface area contributed by atoms with E-state index in [9.17, 15) is 10.2 Å². The maximum atomic E-state index is 10.3. The summed E-state index contributed by atoms with van der Waals surface area (Å²) in [5.74, 6) is 0.912. The minimum Gasteiger partial charge on any atom is -0.342 e. The van der Waals surface area contributed by atoms with Crippen molar-refractivity contribution in [3.05, 3.63) is 65.2 Å². The molecule has 0 aliphatic carbocycles. The van der Waals surface area contributed by atoms with Crippen LogP contribution in [0.15, 0.2) is 36.4 Å². The van der Waals surface area contributed by atoms with Crippen molar-refractivity contribution in [1.82, 2.24) is 0 Å². The fourth-order valence-electron chi connectivity index (χ4n) is 3.51. The number of rotatable bonds is 1. The molecule has 0 spiro atoms. The summed E-state index contributed by atoms with van der Waals surface area (Å²) in [6.07, 6.45) is 0. The van der Waals surface area contributed by atoms with E-state index >= 15 is 0 Å². The summed E-state index contributed by atoms with van der Waals surface area (Å²) in [5, 5.41) is 20.5. The van der Waals surface area contributed by atoms with Crippen LogP contribution in [0.4, 0.5) is 0 Å². The molecule has 0 saturated heterocycles. The number of para-hydroxylation sites is 2. The van der Waals surface area contributed by atoms with Gasteiger partial charge in [0.15, 0.2) is 0 Å². The second kappa shape index (κ2) is 15.7. The van der Waals surface area contributed by atoms with Crippen LogP contribution >= 0.6 is 0 Å². The third-order valence-electron chi connectivity index (χ3n) is 5.69. The molecular formula is C36H65O2Si2Ta-. The van der Waals surface area contributed by atoms with Gasteiger partial charge in [0.1, 0.15) is 11.5 Å². The second-order valence-electron chi connectivity index (χ2n) is 17.5. The molecule has 2 aromatic rings. The van der Waals surface area contributed by atoms with E-state index in [4.69, 9.17) is 0 Å². The maximum absolute atomic E-state index is 10.3. The fraction of sp³-hybridized carbons (Fsp3) is 0.611. The molecule has 0 unspecified atom stereocenters. The number of aromatic hydroxyl groups is 2. The molecule has 235 valence electrons. The molecule has 0 aliphatic rings. The quantitative estimate of drug-likeness (QED) is 0.224. The normalized spacial score (nSPS) is 12.5. The van der Waals surface area contributed by atoms with Gasteiger partial charge in [-0.3, -0.25) is 0 Å². The molecule has 0 heterocycles. The van der Waals surface area contributed by atoms with Crippen LogP contribution in [0.5, 0.6) is 11.5 Å². The van der Waals surface area contributed by atoms with Gasteiger partial charge in [-0.05, 0) is 43.9 Å². The Labute approximate surface area is 270 Å². The van der Waals surface area contributed by atoms with Gasteiger partial charge in [-0.2, -0.15) is 0 Å². The van der Waals surface area contributed by atoms with Crippen molar-refractivity contribution in [2.75, 3.05) is 0 Å². The van der Waals surface area contributed by atoms with Gasteiger partial charge in [0.05, 0.1) is 0 Å². The topological polar surface area (TPSA) is 40.5 Å². The van der Waals surface area contributed by atoms with Crippen molar-refractivity contribution in [3.63, 3.8) is 0 Å². The van der Waals surface area contributed by atoms with Crippen molar-refractivity contribution < 1.29 is 30.8 Å². The molecule has 0 aromatic heterocycles. The van der Waals surface area contributed by atoms with Gasteiger partial charge in [0, 0.05) is 0 Å². The van der Waals surface area contributed by atoms with Crippen LogP contribution in [0.25, 0.3) is 0 Å². The third kappa shape index (κ3) is 18.4. The van der Waals surface area contributed by atoms with Crippen LogP contribution in [-0.2, 0) is 42.3 Å². The number of benzene rings is 2. The maximum Gasteiger partial charge on any atom is -0.0951 e. The summed E-state index contributed by atoms with van der Waals surface area (Å²) in [6.45, 7) is 43.1. The molecule has 0 fully saturated rings. The Balaban J connectivity index is 0. The van der Waals surface area contributed by atoms with Gasteiger partial charge in [0.25, 0.3) is 0 Å². The molecule has 0 saturated carbocycles. The number of hydrogen-bond acceptors (Lipinski definition) is 2. The zero-order valence-electron chi connectivity index (χ0n) is 30.1. The molecule has 2 N–H and O–H groups in total. The molecule has 0 atom stereocenters. The summed E-state index contributed by atoms with van der Waals surface area (Å²) in [4.78, 5) is 0. The third-order valence-corrected chi connectivity index (χ3v) is 14.8. The van der Waals surface area contributed by atoms with Crippen molar-refractivity contribution in [3.8, 4) is 11.5 Å². The standard InChI is InChI=1S/2C14H22O.C4H11Si.C4H10Si.Ta/c2*1-13(2,3)10-8-7-9-11(12(10)15)14(4,5)6;2*1-5(2,3)4;/h2*7-9,15H,1-6H3;1H2,2-4H3;1H,2-4H3;/q;;-1;;. The molecule has 0 amide bonds. The molecule has 5 heteroatoms. The summed E-state index contributed by atoms with van der Waals surface area (Å²) < 4.78 is 2.44. The van der Waals surface area contributed by atoms with Crippen LogP contribution in [0.1, 0.15) is 105 Å². The Morgan fingerprint density at radius 3 is 0.780 bits per heavy atom. The largest absolute Gasteiger partial charge is 0.342 e. The van der Waals surface area contributed by atoms with Crippen molar-refractivity contribution >= 4 is 20.0 Å². The first-order valence-electron chi connectivity index (χ1n) is 14.8. The van der Waals surface area contributed by atoms with Crippen LogP contribution in [-0.4, -0.2) is 30.2 Å². The summed E-state index contributed by atoms with van der Waals surface area (Å²) in [5.41, 5.74) is 4.06. The SMILES string of the molecule is CC(C)(C)c1cccc(C(C)(C)C)c1O.CC(C)(C)c1cccc(C(C)(C)C)c1O.C[Si](C)(C)[CH]=[Ta].[CH2-][Si](C)(C)C. The molecule has 0 aliphatic heterocycles. The fourth-order valence-corrected chi connectivity index (χ4v) is 3.51. The van der Waals surface area contributed by atoms with Crippen molar-refractivity contribution in [2.45, 2.75) is 144 Å². The Kier molecular flexibility index (Phi) is 16.2. The Bertz CT molecular complexity index is 936. The smallest absolute Gasteiger partial charge is 0.0951 e. The van der Waals surface area contributed by atoms with E-state index < -0.39 is 16.1 Å². The first-order chi connectivity index (χ1) is 17.8. The van der Waals surface area contributed by atoms with Crippen molar-refractivity contribution in [1.29, 1.82) is 0 Å². The summed E-state index contributed by atoms with van der Waals surface area (Å²) >= 11 is 1.46. The molecule has 0 bridgehead atoms. The first kappa shape index (κ1) is 42.2. The van der Waals surface area contributed by atoms with E-state index in [2.05, 4.69) is 133 Å².